The highest BCUT2D eigenvalue weighted by molar-refractivity contribution is 5.97. The number of benzene rings is 2. The van der Waals surface area contributed by atoms with Crippen molar-refractivity contribution < 1.29 is 4.79 Å². The molecule has 120 valence electrons. The molecule has 0 bridgehead atoms. The lowest BCUT2D eigenvalue weighted by atomic mass is 10.1. The van der Waals surface area contributed by atoms with Crippen molar-refractivity contribution in [2.24, 2.45) is 5.92 Å². The van der Waals surface area contributed by atoms with E-state index in [2.05, 4.69) is 17.0 Å². The van der Waals surface area contributed by atoms with E-state index in [0.717, 1.165) is 43.9 Å². The number of hydrogen-bond acceptors (Lipinski definition) is 3. The number of para-hydroxylation sites is 1. The van der Waals surface area contributed by atoms with E-state index in [-0.39, 0.29) is 11.8 Å². The van der Waals surface area contributed by atoms with E-state index in [0.29, 0.717) is 5.56 Å². The van der Waals surface area contributed by atoms with Gasteiger partial charge < -0.3 is 9.80 Å². The second-order valence-electron chi connectivity index (χ2n) is 6.46. The molecule has 1 atom stereocenters. The summed E-state index contributed by atoms with van der Waals surface area (Å²) in [6, 6.07) is 17.9. The maximum absolute atomic E-state index is 12.9. The number of carbonyl (C=O) groups excluding carboxylic acids is 1. The molecule has 1 unspecified atom stereocenters. The van der Waals surface area contributed by atoms with Crippen LogP contribution >= 0.6 is 0 Å². The third-order valence-corrected chi connectivity index (χ3v) is 5.05. The number of nitriles is 1. The molecule has 24 heavy (non-hydrogen) atoms. The van der Waals surface area contributed by atoms with E-state index in [4.69, 9.17) is 5.26 Å². The first-order valence-electron chi connectivity index (χ1n) is 8.40. The van der Waals surface area contributed by atoms with Crippen LogP contribution in [-0.2, 0) is 11.2 Å². The molecule has 1 amide bonds. The minimum absolute atomic E-state index is 0.0480. The molecule has 2 aromatic rings. The van der Waals surface area contributed by atoms with E-state index >= 15 is 0 Å². The third kappa shape index (κ3) is 2.52. The molecule has 1 fully saturated rings. The molecule has 0 saturated carbocycles. The first-order valence-corrected chi connectivity index (χ1v) is 8.40. The third-order valence-electron chi connectivity index (χ3n) is 5.05. The highest BCUT2D eigenvalue weighted by Gasteiger charge is 2.34. The van der Waals surface area contributed by atoms with Gasteiger partial charge in [0.05, 0.1) is 17.6 Å². The van der Waals surface area contributed by atoms with E-state index in [1.54, 1.807) is 0 Å². The normalized spacial score (nSPS) is 19.2. The molecule has 2 heterocycles. The van der Waals surface area contributed by atoms with Gasteiger partial charge in [-0.3, -0.25) is 4.79 Å². The molecule has 2 aliphatic rings. The largest absolute Gasteiger partial charge is 0.371 e. The molecule has 1 saturated heterocycles. The number of hydrogen-bond donors (Lipinski definition) is 0. The lowest BCUT2D eigenvalue weighted by Crippen LogP contribution is -2.36. The molecule has 0 aromatic heterocycles. The fraction of sp³-hybridized carbons (Fsp3) is 0.300. The van der Waals surface area contributed by atoms with Gasteiger partial charge in [0.15, 0.2) is 0 Å². The lowest BCUT2D eigenvalue weighted by Gasteiger charge is -2.22. The van der Waals surface area contributed by atoms with Gasteiger partial charge in [-0.2, -0.15) is 5.26 Å². The SMILES string of the molecule is N#Cc1ccc(N2CCC(C(=O)N3CCc4ccccc43)C2)cc1. The van der Waals surface area contributed by atoms with Gasteiger partial charge in [-0.15, -0.1) is 0 Å². The Morgan fingerprint density at radius 3 is 2.67 bits per heavy atom. The van der Waals surface area contributed by atoms with Crippen LogP contribution in [0.5, 0.6) is 0 Å². The van der Waals surface area contributed by atoms with E-state index < -0.39 is 0 Å². The molecule has 2 aliphatic heterocycles. The van der Waals surface area contributed by atoms with Gasteiger partial charge in [0.25, 0.3) is 0 Å². The maximum Gasteiger partial charge on any atom is 0.231 e. The molecule has 0 spiro atoms. The van der Waals surface area contributed by atoms with Crippen molar-refractivity contribution in [1.29, 1.82) is 5.26 Å². The van der Waals surface area contributed by atoms with Crippen molar-refractivity contribution in [3.8, 4) is 6.07 Å². The number of fused-ring (bicyclic) bond motifs is 1. The Bertz CT molecular complexity index is 806. The van der Waals surface area contributed by atoms with Crippen LogP contribution in [0.3, 0.4) is 0 Å². The topological polar surface area (TPSA) is 47.3 Å². The van der Waals surface area contributed by atoms with Crippen LogP contribution in [0.2, 0.25) is 0 Å². The summed E-state index contributed by atoms with van der Waals surface area (Å²) in [5, 5.41) is 8.90. The van der Waals surface area contributed by atoms with Crippen LogP contribution in [0, 0.1) is 17.2 Å². The molecule has 0 radical (unpaired) electrons. The summed E-state index contributed by atoms with van der Waals surface area (Å²) in [6.45, 7) is 2.44. The summed E-state index contributed by atoms with van der Waals surface area (Å²) in [4.78, 5) is 17.1. The molecular weight excluding hydrogens is 298 g/mol. The number of amides is 1. The summed E-state index contributed by atoms with van der Waals surface area (Å²) >= 11 is 0. The predicted octanol–water partition coefficient (Wildman–Crippen LogP) is 2.97. The molecule has 0 N–H and O–H groups in total. The Morgan fingerprint density at radius 2 is 1.88 bits per heavy atom. The van der Waals surface area contributed by atoms with E-state index in [1.165, 1.54) is 5.56 Å². The first-order chi connectivity index (χ1) is 11.8. The van der Waals surface area contributed by atoms with Gasteiger partial charge in [-0.05, 0) is 48.7 Å². The van der Waals surface area contributed by atoms with Crippen molar-refractivity contribution in [2.45, 2.75) is 12.8 Å². The highest BCUT2D eigenvalue weighted by atomic mass is 16.2. The summed E-state index contributed by atoms with van der Waals surface area (Å²) in [5.41, 5.74) is 4.11. The van der Waals surface area contributed by atoms with Crippen molar-refractivity contribution in [1.82, 2.24) is 0 Å². The van der Waals surface area contributed by atoms with Gasteiger partial charge in [-0.25, -0.2) is 0 Å². The quantitative estimate of drug-likeness (QED) is 0.855. The van der Waals surface area contributed by atoms with Crippen LogP contribution in [0.1, 0.15) is 17.5 Å². The smallest absolute Gasteiger partial charge is 0.231 e. The van der Waals surface area contributed by atoms with Crippen molar-refractivity contribution >= 4 is 17.3 Å². The van der Waals surface area contributed by atoms with E-state index in [9.17, 15) is 4.79 Å². The average molecular weight is 317 g/mol. The number of carbonyl (C=O) groups is 1. The zero-order valence-corrected chi connectivity index (χ0v) is 13.5. The van der Waals surface area contributed by atoms with Crippen LogP contribution in [0.25, 0.3) is 0 Å². The standard InChI is InChI=1S/C20H19N3O/c21-13-15-5-7-18(8-6-15)22-11-9-17(14-22)20(24)23-12-10-16-3-1-2-4-19(16)23/h1-8,17H,9-12,14H2. The summed E-state index contributed by atoms with van der Waals surface area (Å²) < 4.78 is 0. The fourth-order valence-corrected chi connectivity index (χ4v) is 3.73. The van der Waals surface area contributed by atoms with Crippen molar-refractivity contribution in [3.05, 3.63) is 59.7 Å². The zero-order chi connectivity index (χ0) is 16.5. The van der Waals surface area contributed by atoms with E-state index in [1.807, 2.05) is 47.4 Å². The molecular formula is C20H19N3O. The molecule has 4 rings (SSSR count). The van der Waals surface area contributed by atoms with Gasteiger partial charge in [-0.1, -0.05) is 18.2 Å². The monoisotopic (exact) mass is 317 g/mol. The molecule has 4 heteroatoms. The zero-order valence-electron chi connectivity index (χ0n) is 13.5. The Hall–Kier alpha value is -2.80. The maximum atomic E-state index is 12.9. The molecule has 2 aromatic carbocycles. The fourth-order valence-electron chi connectivity index (χ4n) is 3.73. The van der Waals surface area contributed by atoms with Gasteiger partial charge in [0.2, 0.25) is 5.91 Å². The predicted molar refractivity (Wildman–Crippen MR) is 94.0 cm³/mol. The second kappa shape index (κ2) is 6.01. The Balaban J connectivity index is 1.47. The number of anilines is 2. The molecule has 4 nitrogen and oxygen atoms in total. The van der Waals surface area contributed by atoms with Crippen LogP contribution in [0.4, 0.5) is 11.4 Å². The number of rotatable bonds is 2. The van der Waals surface area contributed by atoms with Crippen LogP contribution < -0.4 is 9.80 Å². The van der Waals surface area contributed by atoms with Crippen molar-refractivity contribution in [3.63, 3.8) is 0 Å². The first kappa shape index (κ1) is 14.8. The van der Waals surface area contributed by atoms with Crippen LogP contribution in [-0.4, -0.2) is 25.5 Å². The van der Waals surface area contributed by atoms with Gasteiger partial charge in [0, 0.05) is 31.0 Å². The summed E-state index contributed by atoms with van der Waals surface area (Å²) in [5.74, 6) is 0.294. The van der Waals surface area contributed by atoms with Gasteiger partial charge in [0.1, 0.15) is 0 Å². The minimum Gasteiger partial charge on any atom is -0.371 e. The highest BCUT2D eigenvalue weighted by Crippen LogP contribution is 2.32. The summed E-state index contributed by atoms with van der Waals surface area (Å²) in [7, 11) is 0. The molecule has 0 aliphatic carbocycles. The summed E-state index contributed by atoms with van der Waals surface area (Å²) in [6.07, 6.45) is 1.84. The Kier molecular flexibility index (Phi) is 3.70. The average Bonchev–Trinajstić information content (AvgIpc) is 3.28. The van der Waals surface area contributed by atoms with Crippen LogP contribution in [0.15, 0.2) is 48.5 Å². The number of nitrogens with zero attached hydrogens (tertiary/aromatic N) is 3. The van der Waals surface area contributed by atoms with Gasteiger partial charge >= 0.3 is 0 Å². The minimum atomic E-state index is 0.0480. The lowest BCUT2D eigenvalue weighted by molar-refractivity contribution is -0.121. The Labute approximate surface area is 141 Å². The van der Waals surface area contributed by atoms with Crippen molar-refractivity contribution in [2.75, 3.05) is 29.4 Å². The Morgan fingerprint density at radius 1 is 1.08 bits per heavy atom. The second-order valence-corrected chi connectivity index (χ2v) is 6.46.